The maximum Gasteiger partial charge on any atom is 0.216 e. The van der Waals surface area contributed by atoms with Crippen LogP contribution in [0.15, 0.2) is 13.8 Å². The van der Waals surface area contributed by atoms with Gasteiger partial charge in [-0.25, -0.2) is 13.9 Å². The average Bonchev–Trinajstić information content (AvgIpc) is 2.34. The molecule has 1 unspecified atom stereocenters. The molecule has 25 heavy (non-hydrogen) atoms. The van der Waals surface area contributed by atoms with Gasteiger partial charge in [0.25, 0.3) is 0 Å². The van der Waals surface area contributed by atoms with Crippen molar-refractivity contribution in [3.05, 3.63) is 0 Å². The summed E-state index contributed by atoms with van der Waals surface area (Å²) in [5.74, 6) is 0. The summed E-state index contributed by atoms with van der Waals surface area (Å²) in [6.07, 6.45) is 0. The predicted molar refractivity (Wildman–Crippen MR) is 120 cm³/mol. The van der Waals surface area contributed by atoms with Crippen molar-refractivity contribution in [3.63, 3.8) is 0 Å². The topological polar surface area (TPSA) is 50.0 Å². The lowest BCUT2D eigenvalue weighted by Crippen LogP contribution is -2.22. The van der Waals surface area contributed by atoms with Crippen molar-refractivity contribution in [2.45, 2.75) is 26.3 Å². The van der Waals surface area contributed by atoms with Crippen LogP contribution in [0.5, 0.6) is 0 Å². The van der Waals surface area contributed by atoms with Crippen molar-refractivity contribution < 1.29 is 0 Å². The molecule has 0 aromatic carbocycles. The van der Waals surface area contributed by atoms with E-state index in [9.17, 15) is 0 Å². The van der Waals surface area contributed by atoms with Crippen molar-refractivity contribution in [2.24, 2.45) is 13.8 Å². The highest BCUT2D eigenvalue weighted by Gasteiger charge is 2.32. The second-order valence-corrected chi connectivity index (χ2v) is 18.9. The van der Waals surface area contributed by atoms with Crippen LogP contribution >= 0.6 is 22.1 Å². The van der Waals surface area contributed by atoms with Crippen LogP contribution in [0.4, 0.5) is 0 Å². The largest absolute Gasteiger partial charge is 0.276 e. The van der Waals surface area contributed by atoms with E-state index in [1.165, 1.54) is 0 Å². The van der Waals surface area contributed by atoms with Crippen LogP contribution in [0.2, 0.25) is 0 Å². The van der Waals surface area contributed by atoms with Crippen LogP contribution in [-0.2, 0) is 0 Å². The SMILES string of the molecule is CN(C)P(C)(C)=NP(=NP(C)(=NC(C)(C)C)N(C)C)(N(C)C)N(C)C. The third-order valence-electron chi connectivity index (χ3n) is 3.93. The zero-order valence-corrected chi connectivity index (χ0v) is 21.7. The Hall–Kier alpha value is 0.530. The van der Waals surface area contributed by atoms with E-state index in [-0.39, 0.29) is 5.54 Å². The summed E-state index contributed by atoms with van der Waals surface area (Å²) in [4.78, 5) is 0. The first-order chi connectivity index (χ1) is 10.9. The molecule has 0 fully saturated rings. The highest BCUT2D eigenvalue weighted by atomic mass is 31.2. The highest BCUT2D eigenvalue weighted by Crippen LogP contribution is 2.70. The molecule has 0 aromatic heterocycles. The maximum atomic E-state index is 5.46. The van der Waals surface area contributed by atoms with Crippen molar-refractivity contribution in [1.29, 1.82) is 0 Å². The minimum atomic E-state index is -2.24. The van der Waals surface area contributed by atoms with Crippen LogP contribution in [-0.4, -0.2) is 101 Å². The number of rotatable bonds is 6. The van der Waals surface area contributed by atoms with Crippen LogP contribution in [0.3, 0.4) is 0 Å². The van der Waals surface area contributed by atoms with E-state index < -0.39 is 22.1 Å². The number of nitrogens with zero attached hydrogens (tertiary/aromatic N) is 7. The van der Waals surface area contributed by atoms with Gasteiger partial charge < -0.3 is 0 Å². The molecule has 0 bridgehead atoms. The molecule has 0 rings (SSSR count). The first kappa shape index (κ1) is 25.5. The minimum Gasteiger partial charge on any atom is -0.276 e. The van der Waals surface area contributed by atoms with Gasteiger partial charge in [0.15, 0.2) is 0 Å². The van der Waals surface area contributed by atoms with Crippen LogP contribution in [0.25, 0.3) is 0 Å². The molecular weight excluding hydrogens is 371 g/mol. The molecule has 0 amide bonds. The lowest BCUT2D eigenvalue weighted by atomic mass is 10.1. The summed E-state index contributed by atoms with van der Waals surface area (Å²) >= 11 is 0. The Balaban J connectivity index is 7.15. The Morgan fingerprint density at radius 1 is 0.600 bits per heavy atom. The third-order valence-corrected chi connectivity index (χ3v) is 15.6. The lowest BCUT2D eigenvalue weighted by Gasteiger charge is -2.39. The van der Waals surface area contributed by atoms with Gasteiger partial charge in [0.1, 0.15) is 7.36 Å². The Kier molecular flexibility index (Phi) is 8.88. The monoisotopic (exact) mass is 413 g/mol. The summed E-state index contributed by atoms with van der Waals surface area (Å²) in [6.45, 7) is 13.1. The zero-order chi connectivity index (χ0) is 20.4. The highest BCUT2D eigenvalue weighted by molar-refractivity contribution is 7.77. The molecule has 0 saturated heterocycles. The molecule has 0 spiro atoms. The molecule has 0 aliphatic carbocycles. The van der Waals surface area contributed by atoms with Gasteiger partial charge in [0, 0.05) is 13.9 Å². The molecule has 0 aliphatic heterocycles. The van der Waals surface area contributed by atoms with Gasteiger partial charge in [-0.2, -0.15) is 4.52 Å². The van der Waals surface area contributed by atoms with Gasteiger partial charge in [-0.3, -0.25) is 14.1 Å². The molecule has 7 nitrogen and oxygen atoms in total. The normalized spacial score (nSPS) is 16.6. The fourth-order valence-electron chi connectivity index (χ4n) is 2.05. The van der Waals surface area contributed by atoms with Gasteiger partial charge in [0.2, 0.25) is 7.51 Å². The average molecular weight is 413 g/mol. The van der Waals surface area contributed by atoms with Gasteiger partial charge >= 0.3 is 0 Å². The second kappa shape index (κ2) is 8.69. The van der Waals surface area contributed by atoms with E-state index in [0.717, 1.165) is 0 Å². The summed E-state index contributed by atoms with van der Waals surface area (Å²) in [5.41, 5.74) is -0.142. The molecular formula is C15H42N7P3. The van der Waals surface area contributed by atoms with E-state index in [4.69, 9.17) is 13.8 Å². The minimum absolute atomic E-state index is 0.142. The molecule has 1 atom stereocenters. The molecule has 0 radical (unpaired) electrons. The van der Waals surface area contributed by atoms with Crippen LogP contribution < -0.4 is 0 Å². The smallest absolute Gasteiger partial charge is 0.216 e. The molecule has 0 heterocycles. The first-order valence-corrected chi connectivity index (χ1v) is 14.7. The Morgan fingerprint density at radius 2 is 1.00 bits per heavy atom. The Bertz CT molecular complexity index is 595. The van der Waals surface area contributed by atoms with E-state index >= 15 is 0 Å². The molecule has 0 N–H and O–H groups in total. The molecule has 0 aliphatic rings. The number of hydrogen-bond donors (Lipinski definition) is 0. The van der Waals surface area contributed by atoms with Crippen LogP contribution in [0.1, 0.15) is 20.8 Å². The second-order valence-electron chi connectivity index (χ2n) is 8.58. The Morgan fingerprint density at radius 3 is 1.24 bits per heavy atom. The van der Waals surface area contributed by atoms with Crippen LogP contribution in [0, 0.1) is 0 Å². The van der Waals surface area contributed by atoms with Crippen molar-refractivity contribution in [2.75, 3.05) is 76.4 Å². The van der Waals surface area contributed by atoms with Crippen molar-refractivity contribution >= 4 is 22.1 Å². The van der Waals surface area contributed by atoms with E-state index in [1.54, 1.807) is 0 Å². The summed E-state index contributed by atoms with van der Waals surface area (Å²) in [5, 5.41) is 0. The van der Waals surface area contributed by atoms with Gasteiger partial charge in [-0.05, 0) is 90.5 Å². The molecule has 0 saturated carbocycles. The third kappa shape index (κ3) is 6.88. The summed E-state index contributed by atoms with van der Waals surface area (Å²) in [6, 6.07) is 0. The molecule has 10 heteroatoms. The maximum absolute atomic E-state index is 5.46. The van der Waals surface area contributed by atoms with E-state index in [0.29, 0.717) is 0 Å². The van der Waals surface area contributed by atoms with Crippen molar-refractivity contribution in [3.8, 4) is 0 Å². The summed E-state index contributed by atoms with van der Waals surface area (Å²) < 4.78 is 24.9. The zero-order valence-electron chi connectivity index (χ0n) is 19.0. The standard InChI is InChI=1S/C15H42N7P3/c1-15(2,3)16-24(14,20(6)7)18-25(21(8)9,22(10)11)17-23(12,13)19(4)5/h1-14H3. The fraction of sp³-hybridized carbons (Fsp3) is 1.00. The van der Waals surface area contributed by atoms with E-state index in [2.05, 4.69) is 116 Å². The van der Waals surface area contributed by atoms with Crippen molar-refractivity contribution in [1.82, 2.24) is 18.7 Å². The predicted octanol–water partition coefficient (Wildman–Crippen LogP) is 5.01. The lowest BCUT2D eigenvalue weighted by molar-refractivity contribution is 0.557. The summed E-state index contributed by atoms with van der Waals surface area (Å²) in [7, 11) is 10.8. The first-order valence-electron chi connectivity index (χ1n) is 8.44. The van der Waals surface area contributed by atoms with Gasteiger partial charge in [-0.1, -0.05) is 0 Å². The van der Waals surface area contributed by atoms with Gasteiger partial charge in [-0.15, -0.1) is 0 Å². The van der Waals surface area contributed by atoms with Gasteiger partial charge in [0.05, 0.1) is 5.54 Å². The quantitative estimate of drug-likeness (QED) is 0.574. The number of hydrogen-bond acceptors (Lipinski definition) is 1. The van der Waals surface area contributed by atoms with E-state index in [1.807, 2.05) is 0 Å². The fourth-order valence-corrected chi connectivity index (χ4v) is 12.7. The molecule has 152 valence electrons. The Labute approximate surface area is 157 Å². The molecule has 0 aromatic rings.